The van der Waals surface area contributed by atoms with Crippen LogP contribution >= 0.6 is 0 Å². The molecule has 0 radical (unpaired) electrons. The molecular formula is C23H32N2O4S. The van der Waals surface area contributed by atoms with Gasteiger partial charge in [-0.3, -0.25) is 9.10 Å². The molecule has 0 spiro atoms. The van der Waals surface area contributed by atoms with Gasteiger partial charge in [0.25, 0.3) is 0 Å². The van der Waals surface area contributed by atoms with Crippen LogP contribution in [0.5, 0.6) is 5.75 Å². The van der Waals surface area contributed by atoms with Crippen molar-refractivity contribution in [1.82, 2.24) is 5.32 Å². The second kappa shape index (κ2) is 11.0. The first kappa shape index (κ1) is 23.7. The van der Waals surface area contributed by atoms with Crippen LogP contribution in [0, 0.1) is 0 Å². The molecular weight excluding hydrogens is 400 g/mol. The Hall–Kier alpha value is -2.54. The third-order valence-electron chi connectivity index (χ3n) is 5.06. The Balaban J connectivity index is 1.97. The summed E-state index contributed by atoms with van der Waals surface area (Å²) in [7, 11) is -1.99. The second-order valence-corrected chi connectivity index (χ2v) is 9.10. The molecule has 0 aliphatic heterocycles. The highest BCUT2D eigenvalue weighted by Crippen LogP contribution is 2.29. The number of ether oxygens (including phenoxy) is 1. The van der Waals surface area contributed by atoms with Gasteiger partial charge in [0.2, 0.25) is 15.9 Å². The molecule has 0 saturated heterocycles. The summed E-state index contributed by atoms with van der Waals surface area (Å²) in [6.45, 7) is 4.90. The minimum atomic E-state index is -3.50. The van der Waals surface area contributed by atoms with Crippen LogP contribution in [0.25, 0.3) is 0 Å². The van der Waals surface area contributed by atoms with Crippen molar-refractivity contribution in [3.05, 3.63) is 59.2 Å². The quantitative estimate of drug-likeness (QED) is 0.588. The first-order valence-electron chi connectivity index (χ1n) is 10.3. The fourth-order valence-electron chi connectivity index (χ4n) is 3.37. The van der Waals surface area contributed by atoms with E-state index < -0.39 is 10.0 Å². The van der Waals surface area contributed by atoms with Gasteiger partial charge in [0.15, 0.2) is 0 Å². The Morgan fingerprint density at radius 2 is 1.80 bits per heavy atom. The summed E-state index contributed by atoms with van der Waals surface area (Å²) in [6.07, 6.45) is 3.68. The molecule has 1 amide bonds. The van der Waals surface area contributed by atoms with Crippen molar-refractivity contribution in [2.45, 2.75) is 46.1 Å². The number of anilines is 1. The number of hydrogen-bond donors (Lipinski definition) is 1. The highest BCUT2D eigenvalue weighted by Gasteiger charge is 2.20. The van der Waals surface area contributed by atoms with Gasteiger partial charge in [-0.05, 0) is 48.1 Å². The van der Waals surface area contributed by atoms with Gasteiger partial charge >= 0.3 is 0 Å². The summed E-state index contributed by atoms with van der Waals surface area (Å²) >= 11 is 0. The maximum atomic E-state index is 12.4. The van der Waals surface area contributed by atoms with Gasteiger partial charge in [0.1, 0.15) is 5.75 Å². The summed E-state index contributed by atoms with van der Waals surface area (Å²) in [6, 6.07) is 13.4. The number of benzene rings is 2. The molecule has 0 bridgehead atoms. The summed E-state index contributed by atoms with van der Waals surface area (Å²) in [5.74, 6) is 0.391. The van der Waals surface area contributed by atoms with Crippen LogP contribution in [0.15, 0.2) is 42.5 Å². The lowest BCUT2D eigenvalue weighted by Crippen LogP contribution is -2.32. The Morgan fingerprint density at radius 3 is 2.43 bits per heavy atom. The van der Waals surface area contributed by atoms with E-state index in [1.165, 1.54) is 22.5 Å². The number of carbonyl (C=O) groups is 1. The maximum absolute atomic E-state index is 12.4. The van der Waals surface area contributed by atoms with Crippen molar-refractivity contribution in [3.8, 4) is 5.75 Å². The van der Waals surface area contributed by atoms with Crippen LogP contribution in [0.1, 0.15) is 43.4 Å². The molecule has 164 valence electrons. The minimum Gasteiger partial charge on any atom is -0.495 e. The number of carbonyl (C=O) groups excluding carboxylic acids is 1. The molecule has 30 heavy (non-hydrogen) atoms. The third kappa shape index (κ3) is 6.49. The second-order valence-electron chi connectivity index (χ2n) is 7.20. The van der Waals surface area contributed by atoms with E-state index in [-0.39, 0.29) is 18.9 Å². The summed E-state index contributed by atoms with van der Waals surface area (Å²) in [4.78, 5) is 12.4. The van der Waals surface area contributed by atoms with Crippen LogP contribution in [0.2, 0.25) is 0 Å². The van der Waals surface area contributed by atoms with E-state index in [0.29, 0.717) is 24.4 Å². The van der Waals surface area contributed by atoms with Gasteiger partial charge in [0.05, 0.1) is 19.1 Å². The fourth-order valence-corrected chi connectivity index (χ4v) is 4.34. The third-order valence-corrected chi connectivity index (χ3v) is 6.24. The summed E-state index contributed by atoms with van der Waals surface area (Å²) in [5.41, 5.74) is 4.09. The Morgan fingerprint density at radius 1 is 1.07 bits per heavy atom. The number of methoxy groups -OCH3 is 1. The van der Waals surface area contributed by atoms with E-state index in [1.807, 2.05) is 0 Å². The van der Waals surface area contributed by atoms with E-state index in [9.17, 15) is 13.2 Å². The predicted octanol–water partition coefficient (Wildman–Crippen LogP) is 3.68. The first-order chi connectivity index (χ1) is 14.3. The number of aryl methyl sites for hydroxylation is 2. The molecule has 0 heterocycles. The van der Waals surface area contributed by atoms with E-state index >= 15 is 0 Å². The Kier molecular flexibility index (Phi) is 8.72. The van der Waals surface area contributed by atoms with Gasteiger partial charge in [0, 0.05) is 19.5 Å². The topological polar surface area (TPSA) is 75.7 Å². The van der Waals surface area contributed by atoms with Gasteiger partial charge in [-0.2, -0.15) is 0 Å². The molecule has 0 atom stereocenters. The van der Waals surface area contributed by atoms with Crippen LogP contribution in [0.4, 0.5) is 5.69 Å². The highest BCUT2D eigenvalue weighted by molar-refractivity contribution is 7.92. The smallest absolute Gasteiger partial charge is 0.232 e. The fraction of sp³-hybridized carbons (Fsp3) is 0.435. The number of para-hydroxylation sites is 2. The van der Waals surface area contributed by atoms with Crippen LogP contribution in [-0.4, -0.2) is 34.2 Å². The average Bonchev–Trinajstić information content (AvgIpc) is 2.74. The van der Waals surface area contributed by atoms with Crippen molar-refractivity contribution in [2.75, 3.05) is 24.2 Å². The molecule has 1 N–H and O–H groups in total. The number of hydrogen-bond acceptors (Lipinski definition) is 4. The lowest BCUT2D eigenvalue weighted by Gasteiger charge is -2.24. The molecule has 0 unspecified atom stereocenters. The van der Waals surface area contributed by atoms with Gasteiger partial charge < -0.3 is 10.1 Å². The van der Waals surface area contributed by atoms with Crippen molar-refractivity contribution in [2.24, 2.45) is 0 Å². The summed E-state index contributed by atoms with van der Waals surface area (Å²) in [5, 5.41) is 2.97. The lowest BCUT2D eigenvalue weighted by atomic mass is 10.0. The van der Waals surface area contributed by atoms with E-state index in [4.69, 9.17) is 4.74 Å². The predicted molar refractivity (Wildman–Crippen MR) is 121 cm³/mol. The van der Waals surface area contributed by atoms with E-state index in [0.717, 1.165) is 24.7 Å². The molecule has 7 heteroatoms. The van der Waals surface area contributed by atoms with E-state index in [1.54, 1.807) is 24.3 Å². The lowest BCUT2D eigenvalue weighted by molar-refractivity contribution is -0.121. The van der Waals surface area contributed by atoms with Crippen molar-refractivity contribution >= 4 is 21.6 Å². The van der Waals surface area contributed by atoms with Crippen molar-refractivity contribution in [1.29, 1.82) is 0 Å². The molecule has 0 fully saturated rings. The van der Waals surface area contributed by atoms with Crippen molar-refractivity contribution < 1.29 is 17.9 Å². The van der Waals surface area contributed by atoms with E-state index in [2.05, 4.69) is 37.4 Å². The maximum Gasteiger partial charge on any atom is 0.232 e. The zero-order valence-electron chi connectivity index (χ0n) is 18.3. The number of amides is 1. The monoisotopic (exact) mass is 432 g/mol. The molecule has 2 rings (SSSR count). The number of nitrogens with zero attached hydrogens (tertiary/aromatic N) is 1. The van der Waals surface area contributed by atoms with Gasteiger partial charge in [-0.15, -0.1) is 0 Å². The Labute approximate surface area is 180 Å². The SMILES string of the molecule is CCc1ccc(CC)c(CNC(=O)CCCN(c2ccccc2OC)S(C)(=O)=O)c1. The average molecular weight is 433 g/mol. The molecule has 2 aromatic carbocycles. The van der Waals surface area contributed by atoms with Crippen LogP contribution in [-0.2, 0) is 34.2 Å². The molecule has 0 aliphatic rings. The van der Waals surface area contributed by atoms with Gasteiger partial charge in [-0.1, -0.05) is 44.2 Å². The van der Waals surface area contributed by atoms with Crippen LogP contribution in [0.3, 0.4) is 0 Å². The Bertz CT molecular complexity index is 957. The molecule has 0 aliphatic carbocycles. The first-order valence-corrected chi connectivity index (χ1v) is 12.1. The largest absolute Gasteiger partial charge is 0.495 e. The van der Waals surface area contributed by atoms with Crippen LogP contribution < -0.4 is 14.4 Å². The normalized spacial score (nSPS) is 11.2. The molecule has 2 aromatic rings. The summed E-state index contributed by atoms with van der Waals surface area (Å²) < 4.78 is 31.2. The number of nitrogens with one attached hydrogen (secondary N) is 1. The molecule has 0 saturated carbocycles. The zero-order valence-corrected chi connectivity index (χ0v) is 19.1. The molecule has 6 nitrogen and oxygen atoms in total. The molecule has 0 aromatic heterocycles. The standard InChI is InChI=1S/C23H32N2O4S/c1-5-18-13-14-19(6-2)20(16-18)17-24-23(26)12-9-15-25(30(4,27)28)21-10-7-8-11-22(21)29-3/h7-8,10-11,13-14,16H,5-6,9,12,15,17H2,1-4H3,(H,24,26). The van der Waals surface area contributed by atoms with Gasteiger partial charge in [-0.25, -0.2) is 8.42 Å². The number of rotatable bonds is 11. The minimum absolute atomic E-state index is 0.0903. The zero-order chi connectivity index (χ0) is 22.1. The number of sulfonamides is 1. The van der Waals surface area contributed by atoms with Crippen molar-refractivity contribution in [3.63, 3.8) is 0 Å². The highest BCUT2D eigenvalue weighted by atomic mass is 32.2.